The minimum atomic E-state index is -0.435. The standard InChI is InChI=1S/C18H20N2O2/c1-3-18(2,14-8-4-12(5-9-14)16(19)21)15-10-6-13(7-11-15)17(20)22/h4-11H,3H2,1-2H3,(H2,19,21)(H2,20,22). The van der Waals surface area contributed by atoms with Crippen LogP contribution in [0.5, 0.6) is 0 Å². The molecular weight excluding hydrogens is 276 g/mol. The van der Waals surface area contributed by atoms with Crippen molar-refractivity contribution in [2.45, 2.75) is 25.7 Å². The number of hydrogen-bond donors (Lipinski definition) is 2. The van der Waals surface area contributed by atoms with Crippen molar-refractivity contribution in [3.8, 4) is 0 Å². The van der Waals surface area contributed by atoms with Gasteiger partial charge in [-0.2, -0.15) is 0 Å². The van der Waals surface area contributed by atoms with E-state index in [1.165, 1.54) is 0 Å². The fourth-order valence-electron chi connectivity index (χ4n) is 2.58. The van der Waals surface area contributed by atoms with E-state index in [0.29, 0.717) is 11.1 Å². The van der Waals surface area contributed by atoms with Gasteiger partial charge in [0.05, 0.1) is 0 Å². The molecule has 0 aliphatic carbocycles. The van der Waals surface area contributed by atoms with Crippen molar-refractivity contribution in [3.63, 3.8) is 0 Å². The molecule has 0 fully saturated rings. The maximum atomic E-state index is 11.2. The van der Waals surface area contributed by atoms with Crippen LogP contribution in [-0.4, -0.2) is 11.8 Å². The first-order valence-corrected chi connectivity index (χ1v) is 7.19. The summed E-state index contributed by atoms with van der Waals surface area (Å²) in [7, 11) is 0. The van der Waals surface area contributed by atoms with Gasteiger partial charge in [-0.05, 0) is 41.8 Å². The number of hydrogen-bond acceptors (Lipinski definition) is 2. The zero-order valence-corrected chi connectivity index (χ0v) is 12.8. The van der Waals surface area contributed by atoms with Gasteiger partial charge in [0.15, 0.2) is 0 Å². The Kier molecular flexibility index (Phi) is 4.31. The number of nitrogens with two attached hydrogens (primary N) is 2. The van der Waals surface area contributed by atoms with Gasteiger partial charge in [-0.1, -0.05) is 38.1 Å². The van der Waals surface area contributed by atoms with Crippen LogP contribution in [0.3, 0.4) is 0 Å². The highest BCUT2D eigenvalue weighted by atomic mass is 16.1. The molecular formula is C18H20N2O2. The molecule has 2 rings (SSSR count). The van der Waals surface area contributed by atoms with Crippen molar-refractivity contribution >= 4 is 11.8 Å². The summed E-state index contributed by atoms with van der Waals surface area (Å²) in [6.45, 7) is 4.23. The molecule has 0 saturated heterocycles. The van der Waals surface area contributed by atoms with Gasteiger partial charge in [-0.25, -0.2) is 0 Å². The maximum Gasteiger partial charge on any atom is 0.248 e. The first-order chi connectivity index (χ1) is 10.4. The Labute approximate surface area is 130 Å². The van der Waals surface area contributed by atoms with Crippen molar-refractivity contribution < 1.29 is 9.59 Å². The zero-order valence-electron chi connectivity index (χ0n) is 12.8. The average molecular weight is 296 g/mol. The Balaban J connectivity index is 2.42. The SMILES string of the molecule is CCC(C)(c1ccc(C(N)=O)cc1)c1ccc(C(N)=O)cc1. The topological polar surface area (TPSA) is 86.2 Å². The lowest BCUT2D eigenvalue weighted by Crippen LogP contribution is -2.23. The Morgan fingerprint density at radius 2 is 1.14 bits per heavy atom. The van der Waals surface area contributed by atoms with Gasteiger partial charge in [0.2, 0.25) is 11.8 Å². The number of amides is 2. The predicted molar refractivity (Wildman–Crippen MR) is 86.7 cm³/mol. The van der Waals surface area contributed by atoms with Gasteiger partial charge < -0.3 is 11.5 Å². The first kappa shape index (κ1) is 15.8. The summed E-state index contributed by atoms with van der Waals surface area (Å²) in [5.41, 5.74) is 13.5. The van der Waals surface area contributed by atoms with Crippen LogP contribution in [0.1, 0.15) is 52.1 Å². The number of rotatable bonds is 5. The van der Waals surface area contributed by atoms with Gasteiger partial charge in [0, 0.05) is 16.5 Å². The summed E-state index contributed by atoms with van der Waals surface area (Å²) in [5.74, 6) is -0.869. The van der Waals surface area contributed by atoms with E-state index in [1.807, 2.05) is 24.3 Å². The second kappa shape index (κ2) is 6.02. The Morgan fingerprint density at radius 1 is 0.818 bits per heavy atom. The number of carbonyl (C=O) groups is 2. The highest BCUT2D eigenvalue weighted by Crippen LogP contribution is 2.35. The third kappa shape index (κ3) is 2.86. The molecule has 0 atom stereocenters. The van der Waals surface area contributed by atoms with E-state index in [-0.39, 0.29) is 5.41 Å². The van der Waals surface area contributed by atoms with E-state index >= 15 is 0 Å². The first-order valence-electron chi connectivity index (χ1n) is 7.19. The molecule has 0 aliphatic heterocycles. The van der Waals surface area contributed by atoms with Gasteiger partial charge in [0.1, 0.15) is 0 Å². The Morgan fingerprint density at radius 3 is 1.36 bits per heavy atom. The molecule has 0 saturated carbocycles. The molecule has 0 heterocycles. The minimum absolute atomic E-state index is 0.216. The van der Waals surface area contributed by atoms with Crippen LogP contribution < -0.4 is 11.5 Å². The van der Waals surface area contributed by atoms with Crippen molar-refractivity contribution in [1.82, 2.24) is 0 Å². The van der Waals surface area contributed by atoms with E-state index in [4.69, 9.17) is 11.5 Å². The molecule has 114 valence electrons. The summed E-state index contributed by atoms with van der Waals surface area (Å²) in [6.07, 6.45) is 0.874. The second-order valence-corrected chi connectivity index (χ2v) is 5.57. The van der Waals surface area contributed by atoms with E-state index in [9.17, 15) is 9.59 Å². The molecule has 4 heteroatoms. The van der Waals surface area contributed by atoms with Crippen molar-refractivity contribution in [2.75, 3.05) is 0 Å². The fourth-order valence-corrected chi connectivity index (χ4v) is 2.58. The highest BCUT2D eigenvalue weighted by molar-refractivity contribution is 5.93. The Bertz CT molecular complexity index is 631. The second-order valence-electron chi connectivity index (χ2n) is 5.57. The summed E-state index contributed by atoms with van der Waals surface area (Å²) >= 11 is 0. The summed E-state index contributed by atoms with van der Waals surface area (Å²) in [4.78, 5) is 22.4. The highest BCUT2D eigenvalue weighted by Gasteiger charge is 2.27. The fraction of sp³-hybridized carbons (Fsp3) is 0.222. The molecule has 0 spiro atoms. The zero-order chi connectivity index (χ0) is 16.3. The normalized spacial score (nSPS) is 11.2. The third-order valence-corrected chi connectivity index (χ3v) is 4.32. The lowest BCUT2D eigenvalue weighted by atomic mass is 9.74. The molecule has 22 heavy (non-hydrogen) atoms. The molecule has 0 radical (unpaired) electrons. The molecule has 4 N–H and O–H groups in total. The number of benzene rings is 2. The molecule has 0 unspecified atom stereocenters. The summed E-state index contributed by atoms with van der Waals surface area (Å²) in [5, 5.41) is 0. The molecule has 0 bridgehead atoms. The molecule has 4 nitrogen and oxygen atoms in total. The quantitative estimate of drug-likeness (QED) is 0.888. The lowest BCUT2D eigenvalue weighted by Gasteiger charge is -2.30. The minimum Gasteiger partial charge on any atom is -0.366 e. The summed E-state index contributed by atoms with van der Waals surface area (Å²) < 4.78 is 0. The number of primary amides is 2. The van der Waals surface area contributed by atoms with Crippen molar-refractivity contribution in [1.29, 1.82) is 0 Å². The van der Waals surface area contributed by atoms with Gasteiger partial charge >= 0.3 is 0 Å². The Hall–Kier alpha value is -2.62. The van der Waals surface area contributed by atoms with Gasteiger partial charge in [-0.15, -0.1) is 0 Å². The van der Waals surface area contributed by atoms with Crippen molar-refractivity contribution in [2.24, 2.45) is 11.5 Å². The smallest absolute Gasteiger partial charge is 0.248 e. The molecule has 0 aliphatic rings. The van der Waals surface area contributed by atoms with Crippen LogP contribution in [-0.2, 0) is 5.41 Å². The lowest BCUT2D eigenvalue weighted by molar-refractivity contribution is 0.0992. The molecule has 2 aromatic carbocycles. The van der Waals surface area contributed by atoms with Crippen LogP contribution in [0, 0.1) is 0 Å². The van der Waals surface area contributed by atoms with Crippen LogP contribution >= 0.6 is 0 Å². The van der Waals surface area contributed by atoms with Crippen LogP contribution in [0.2, 0.25) is 0 Å². The maximum absolute atomic E-state index is 11.2. The summed E-state index contributed by atoms with van der Waals surface area (Å²) in [6, 6.07) is 14.6. The molecule has 2 aromatic rings. The van der Waals surface area contributed by atoms with E-state index in [1.54, 1.807) is 24.3 Å². The van der Waals surface area contributed by atoms with Crippen LogP contribution in [0.15, 0.2) is 48.5 Å². The van der Waals surface area contributed by atoms with E-state index in [2.05, 4.69) is 13.8 Å². The monoisotopic (exact) mass is 296 g/mol. The van der Waals surface area contributed by atoms with Gasteiger partial charge in [0.25, 0.3) is 0 Å². The predicted octanol–water partition coefficient (Wildman–Crippen LogP) is 2.60. The average Bonchev–Trinajstić information content (AvgIpc) is 2.54. The van der Waals surface area contributed by atoms with Crippen LogP contribution in [0.25, 0.3) is 0 Å². The van der Waals surface area contributed by atoms with Crippen LogP contribution in [0.4, 0.5) is 0 Å². The molecule has 0 aromatic heterocycles. The van der Waals surface area contributed by atoms with E-state index in [0.717, 1.165) is 17.5 Å². The number of carbonyl (C=O) groups excluding carboxylic acids is 2. The third-order valence-electron chi connectivity index (χ3n) is 4.32. The van der Waals surface area contributed by atoms with E-state index < -0.39 is 11.8 Å². The largest absolute Gasteiger partial charge is 0.366 e. The van der Waals surface area contributed by atoms with Crippen molar-refractivity contribution in [3.05, 3.63) is 70.8 Å². The molecule has 2 amide bonds. The van der Waals surface area contributed by atoms with Gasteiger partial charge in [-0.3, -0.25) is 9.59 Å².